The second kappa shape index (κ2) is 7.57. The van der Waals surface area contributed by atoms with Crippen LogP contribution in [0.25, 0.3) is 17.0 Å². The molecular weight excluding hydrogens is 355 g/mol. The van der Waals surface area contributed by atoms with Crippen LogP contribution >= 0.6 is 36.6 Å². The molecule has 0 radical (unpaired) electrons. The summed E-state index contributed by atoms with van der Waals surface area (Å²) in [6.07, 6.45) is 3.87. The lowest BCUT2D eigenvalue weighted by Gasteiger charge is -2.24. The van der Waals surface area contributed by atoms with Gasteiger partial charge in [-0.1, -0.05) is 17.8 Å². The Balaban J connectivity index is 0.000000960. The van der Waals surface area contributed by atoms with E-state index in [1.165, 1.54) is 11.8 Å². The number of halogens is 2. The summed E-state index contributed by atoms with van der Waals surface area (Å²) in [6.45, 7) is 1.94. The van der Waals surface area contributed by atoms with Crippen LogP contribution in [0.15, 0.2) is 28.0 Å². The van der Waals surface area contributed by atoms with Crippen LogP contribution < -0.4 is 10.6 Å². The number of thioether (sulfide) groups is 1. The third-order valence-electron chi connectivity index (χ3n) is 3.97. The molecule has 3 heterocycles. The smallest absolute Gasteiger partial charge is 0.258 e. The van der Waals surface area contributed by atoms with Crippen molar-refractivity contribution < 1.29 is 4.79 Å². The second-order valence-corrected chi connectivity index (χ2v) is 6.48. The molecule has 1 amide bonds. The zero-order valence-corrected chi connectivity index (χ0v) is 14.7. The van der Waals surface area contributed by atoms with Gasteiger partial charge in [-0.25, -0.2) is 0 Å². The Morgan fingerprint density at radius 3 is 2.83 bits per heavy atom. The molecule has 1 aromatic carbocycles. The average Bonchev–Trinajstić information content (AvgIpc) is 2.93. The molecule has 5 nitrogen and oxygen atoms in total. The van der Waals surface area contributed by atoms with Crippen LogP contribution in [-0.4, -0.2) is 35.2 Å². The SMILES string of the molecule is Cl.Cl.O=C(NC1CCNCC1)C1=Cc2n[nH]c3cccc(c23)S1. The molecule has 0 atom stereocenters. The van der Waals surface area contributed by atoms with E-state index in [9.17, 15) is 4.79 Å². The molecule has 0 spiro atoms. The van der Waals surface area contributed by atoms with E-state index in [1.807, 2.05) is 24.3 Å². The second-order valence-electron chi connectivity index (χ2n) is 5.40. The molecule has 2 aromatic rings. The standard InChI is InChI=1S/C15H16N4OS.2ClH/c20-15(17-9-4-6-16-7-5-9)13-8-11-14-10(18-19-11)2-1-3-12(14)21-13;;/h1-3,8-9,16H,4-7H2,(H,17,20)(H,18,19);2*1H. The first-order valence-corrected chi connectivity index (χ1v) is 8.01. The summed E-state index contributed by atoms with van der Waals surface area (Å²) >= 11 is 1.52. The van der Waals surface area contributed by atoms with E-state index in [2.05, 4.69) is 20.8 Å². The van der Waals surface area contributed by atoms with Crippen molar-refractivity contribution in [3.8, 4) is 0 Å². The first kappa shape index (κ1) is 18.1. The first-order chi connectivity index (χ1) is 10.3. The number of rotatable bonds is 2. The van der Waals surface area contributed by atoms with Gasteiger partial charge in [0, 0.05) is 16.3 Å². The highest BCUT2D eigenvalue weighted by molar-refractivity contribution is 8.04. The third kappa shape index (κ3) is 3.50. The number of nitrogens with one attached hydrogen (secondary N) is 3. The highest BCUT2D eigenvalue weighted by Crippen LogP contribution is 2.39. The van der Waals surface area contributed by atoms with Gasteiger partial charge in [0.05, 0.1) is 16.1 Å². The molecule has 124 valence electrons. The van der Waals surface area contributed by atoms with Crippen LogP contribution in [0.1, 0.15) is 18.5 Å². The Morgan fingerprint density at radius 1 is 1.26 bits per heavy atom. The van der Waals surface area contributed by atoms with Gasteiger partial charge in [0.1, 0.15) is 0 Å². The molecule has 2 aliphatic heterocycles. The summed E-state index contributed by atoms with van der Waals surface area (Å²) in [7, 11) is 0. The number of aromatic nitrogens is 2. The molecule has 0 bridgehead atoms. The van der Waals surface area contributed by atoms with E-state index >= 15 is 0 Å². The minimum absolute atomic E-state index is 0. The molecule has 23 heavy (non-hydrogen) atoms. The Morgan fingerprint density at radius 2 is 2.04 bits per heavy atom. The van der Waals surface area contributed by atoms with E-state index in [1.54, 1.807) is 0 Å². The van der Waals surface area contributed by atoms with Gasteiger partial charge in [-0.05, 0) is 44.1 Å². The number of hydrogen-bond donors (Lipinski definition) is 3. The maximum Gasteiger partial charge on any atom is 0.258 e. The van der Waals surface area contributed by atoms with Gasteiger partial charge in [0.2, 0.25) is 0 Å². The summed E-state index contributed by atoms with van der Waals surface area (Å²) in [4.78, 5) is 14.3. The molecule has 1 aromatic heterocycles. The molecule has 8 heteroatoms. The van der Waals surface area contributed by atoms with Gasteiger partial charge >= 0.3 is 0 Å². The van der Waals surface area contributed by atoms with Crippen LogP contribution in [0.2, 0.25) is 0 Å². The van der Waals surface area contributed by atoms with E-state index in [0.717, 1.165) is 52.3 Å². The fourth-order valence-corrected chi connectivity index (χ4v) is 3.88. The molecule has 0 saturated carbocycles. The zero-order chi connectivity index (χ0) is 14.2. The topological polar surface area (TPSA) is 69.8 Å². The van der Waals surface area contributed by atoms with Crippen molar-refractivity contribution in [1.82, 2.24) is 20.8 Å². The zero-order valence-electron chi connectivity index (χ0n) is 12.3. The highest BCUT2D eigenvalue weighted by atomic mass is 35.5. The van der Waals surface area contributed by atoms with Crippen LogP contribution in [0.3, 0.4) is 0 Å². The van der Waals surface area contributed by atoms with Crippen molar-refractivity contribution in [3.05, 3.63) is 28.8 Å². The van der Waals surface area contributed by atoms with E-state index in [0.29, 0.717) is 0 Å². The molecule has 0 aliphatic carbocycles. The number of carbonyl (C=O) groups is 1. The average molecular weight is 373 g/mol. The Kier molecular flexibility index (Phi) is 5.97. The molecule has 4 rings (SSSR count). The Hall–Kier alpha value is -1.21. The maximum atomic E-state index is 12.5. The molecule has 0 unspecified atom stereocenters. The summed E-state index contributed by atoms with van der Waals surface area (Å²) < 4.78 is 0. The lowest BCUT2D eigenvalue weighted by molar-refractivity contribution is -0.117. The van der Waals surface area contributed by atoms with Crippen molar-refractivity contribution in [3.63, 3.8) is 0 Å². The van der Waals surface area contributed by atoms with Crippen LogP contribution in [0.4, 0.5) is 0 Å². The normalized spacial score (nSPS) is 17.0. The number of piperidine rings is 1. The number of nitrogens with zero attached hydrogens (tertiary/aromatic N) is 1. The summed E-state index contributed by atoms with van der Waals surface area (Å²) in [5.74, 6) is 0.0116. The van der Waals surface area contributed by atoms with Crippen molar-refractivity contribution in [2.24, 2.45) is 0 Å². The van der Waals surface area contributed by atoms with E-state index in [-0.39, 0.29) is 36.8 Å². The summed E-state index contributed by atoms with van der Waals surface area (Å²) in [5.41, 5.74) is 1.87. The quantitative estimate of drug-likeness (QED) is 0.757. The Bertz CT molecular complexity index is 740. The van der Waals surface area contributed by atoms with Gasteiger partial charge in [-0.2, -0.15) is 5.10 Å². The van der Waals surface area contributed by atoms with Crippen molar-refractivity contribution >= 4 is 59.5 Å². The fourth-order valence-electron chi connectivity index (χ4n) is 2.86. The van der Waals surface area contributed by atoms with Crippen molar-refractivity contribution in [1.29, 1.82) is 0 Å². The molecule has 1 fully saturated rings. The van der Waals surface area contributed by atoms with Crippen LogP contribution in [0, 0.1) is 0 Å². The van der Waals surface area contributed by atoms with E-state index in [4.69, 9.17) is 0 Å². The van der Waals surface area contributed by atoms with Crippen molar-refractivity contribution in [2.45, 2.75) is 23.8 Å². The summed E-state index contributed by atoms with van der Waals surface area (Å²) in [5, 5.41) is 14.9. The van der Waals surface area contributed by atoms with Gasteiger partial charge in [-0.15, -0.1) is 24.8 Å². The largest absolute Gasteiger partial charge is 0.349 e. The highest BCUT2D eigenvalue weighted by Gasteiger charge is 2.23. The van der Waals surface area contributed by atoms with Gasteiger partial charge in [0.15, 0.2) is 0 Å². The van der Waals surface area contributed by atoms with Crippen LogP contribution in [-0.2, 0) is 4.79 Å². The summed E-state index contributed by atoms with van der Waals surface area (Å²) in [6, 6.07) is 6.30. The van der Waals surface area contributed by atoms with Crippen LogP contribution in [0.5, 0.6) is 0 Å². The number of hydrogen-bond acceptors (Lipinski definition) is 4. The predicted molar refractivity (Wildman–Crippen MR) is 98.5 cm³/mol. The number of H-pyrrole nitrogens is 1. The Labute approximate surface area is 150 Å². The van der Waals surface area contributed by atoms with Gasteiger partial charge < -0.3 is 10.6 Å². The third-order valence-corrected chi connectivity index (χ3v) is 5.05. The number of carbonyl (C=O) groups excluding carboxylic acids is 1. The van der Waals surface area contributed by atoms with Gasteiger partial charge in [-0.3, -0.25) is 9.89 Å². The minimum Gasteiger partial charge on any atom is -0.349 e. The number of aromatic amines is 1. The number of benzene rings is 1. The van der Waals surface area contributed by atoms with E-state index < -0.39 is 0 Å². The van der Waals surface area contributed by atoms with Crippen molar-refractivity contribution in [2.75, 3.05) is 13.1 Å². The molecular formula is C15H18Cl2N4OS. The molecule has 1 saturated heterocycles. The monoisotopic (exact) mass is 372 g/mol. The lowest BCUT2D eigenvalue weighted by Crippen LogP contribution is -2.43. The predicted octanol–water partition coefficient (Wildman–Crippen LogP) is 2.72. The van der Waals surface area contributed by atoms with Gasteiger partial charge in [0.25, 0.3) is 5.91 Å². The molecule has 3 N–H and O–H groups in total. The lowest BCUT2D eigenvalue weighted by atomic mass is 10.1. The first-order valence-electron chi connectivity index (χ1n) is 7.19. The minimum atomic E-state index is 0. The maximum absolute atomic E-state index is 12.5. The number of amides is 1. The molecule has 2 aliphatic rings. The fraction of sp³-hybridized carbons (Fsp3) is 0.333.